The zero-order chi connectivity index (χ0) is 13.8. The van der Waals surface area contributed by atoms with Crippen molar-refractivity contribution in [2.75, 3.05) is 11.9 Å². The average Bonchev–Trinajstić information content (AvgIpc) is 2.94. The molecule has 1 aliphatic carbocycles. The molecule has 1 saturated carbocycles. The highest BCUT2D eigenvalue weighted by atomic mass is 32.1. The minimum atomic E-state index is -0.0774. The maximum atomic E-state index is 9.96. The Morgan fingerprint density at radius 2 is 2.20 bits per heavy atom. The summed E-state index contributed by atoms with van der Waals surface area (Å²) in [5.74, 6) is 1.43. The molecule has 2 aromatic rings. The highest BCUT2D eigenvalue weighted by Crippen LogP contribution is 2.28. The fraction of sp³-hybridized carbons (Fsp3) is 0.600. The van der Waals surface area contributed by atoms with Crippen molar-refractivity contribution in [2.45, 2.75) is 44.6 Å². The number of nitrogens with zero attached hydrogens (tertiary/aromatic N) is 2. The molecule has 0 bridgehead atoms. The monoisotopic (exact) mass is 291 g/mol. The third kappa shape index (κ3) is 3.10. The van der Waals surface area contributed by atoms with Crippen LogP contribution >= 0.6 is 11.3 Å². The van der Waals surface area contributed by atoms with Gasteiger partial charge in [-0.2, -0.15) is 0 Å². The van der Waals surface area contributed by atoms with Gasteiger partial charge < -0.3 is 10.4 Å². The first-order valence-corrected chi connectivity index (χ1v) is 8.32. The van der Waals surface area contributed by atoms with Gasteiger partial charge in [-0.3, -0.25) is 0 Å². The predicted molar refractivity (Wildman–Crippen MR) is 83.1 cm³/mol. The predicted octanol–water partition coefficient (Wildman–Crippen LogP) is 3.43. The summed E-state index contributed by atoms with van der Waals surface area (Å²) in [6.07, 6.45) is 8.36. The van der Waals surface area contributed by atoms with Crippen molar-refractivity contribution < 1.29 is 5.11 Å². The highest BCUT2D eigenvalue weighted by Gasteiger charge is 2.22. The Kier molecular flexibility index (Phi) is 4.47. The highest BCUT2D eigenvalue weighted by molar-refractivity contribution is 7.16. The van der Waals surface area contributed by atoms with Crippen LogP contribution in [0.1, 0.15) is 38.5 Å². The van der Waals surface area contributed by atoms with E-state index in [2.05, 4.69) is 21.4 Å². The Bertz CT molecular complexity index is 557. The van der Waals surface area contributed by atoms with Crippen LogP contribution in [-0.4, -0.2) is 27.7 Å². The van der Waals surface area contributed by atoms with Gasteiger partial charge in [0.25, 0.3) is 0 Å². The van der Waals surface area contributed by atoms with Gasteiger partial charge in [0.2, 0.25) is 0 Å². The van der Waals surface area contributed by atoms with Crippen LogP contribution in [0.3, 0.4) is 0 Å². The van der Waals surface area contributed by atoms with Crippen molar-refractivity contribution in [3.63, 3.8) is 0 Å². The zero-order valence-electron chi connectivity index (χ0n) is 11.6. The van der Waals surface area contributed by atoms with Crippen LogP contribution in [0, 0.1) is 5.92 Å². The molecule has 1 aliphatic rings. The molecule has 0 spiro atoms. The molecule has 4 nitrogen and oxygen atoms in total. The standard InChI is InChI=1S/C15H21N3OS/c19-13-6-2-1-4-11(13)5-3-8-16-14-12-7-9-20-15(12)18-10-17-14/h7,9-11,13,19H,1-6,8H2,(H,16,17,18). The number of hydrogen-bond acceptors (Lipinski definition) is 5. The first-order valence-electron chi connectivity index (χ1n) is 7.45. The number of fused-ring (bicyclic) bond motifs is 1. The lowest BCUT2D eigenvalue weighted by Gasteiger charge is -2.27. The number of nitrogens with one attached hydrogen (secondary N) is 1. The van der Waals surface area contributed by atoms with Crippen LogP contribution in [0.5, 0.6) is 0 Å². The summed E-state index contributed by atoms with van der Waals surface area (Å²) in [6.45, 7) is 0.908. The molecule has 2 aromatic heterocycles. The van der Waals surface area contributed by atoms with Gasteiger partial charge in [-0.05, 0) is 43.0 Å². The minimum absolute atomic E-state index is 0.0774. The molecule has 2 N–H and O–H groups in total. The van der Waals surface area contributed by atoms with E-state index >= 15 is 0 Å². The van der Waals surface area contributed by atoms with E-state index in [9.17, 15) is 5.11 Å². The molecule has 2 unspecified atom stereocenters. The van der Waals surface area contributed by atoms with Crippen LogP contribution in [-0.2, 0) is 0 Å². The maximum absolute atomic E-state index is 9.96. The van der Waals surface area contributed by atoms with E-state index in [1.165, 1.54) is 19.3 Å². The van der Waals surface area contributed by atoms with Crippen molar-refractivity contribution in [2.24, 2.45) is 5.92 Å². The topological polar surface area (TPSA) is 58.0 Å². The molecule has 1 fully saturated rings. The molecule has 2 atom stereocenters. The Labute approximate surface area is 123 Å². The van der Waals surface area contributed by atoms with Crippen LogP contribution in [0.4, 0.5) is 5.82 Å². The summed E-state index contributed by atoms with van der Waals surface area (Å²) in [7, 11) is 0. The fourth-order valence-electron chi connectivity index (χ4n) is 3.03. The van der Waals surface area contributed by atoms with Crippen LogP contribution < -0.4 is 5.32 Å². The van der Waals surface area contributed by atoms with Crippen molar-refractivity contribution >= 4 is 27.4 Å². The first kappa shape index (κ1) is 13.8. The Morgan fingerprint density at radius 3 is 3.10 bits per heavy atom. The lowest BCUT2D eigenvalue weighted by atomic mass is 9.83. The molecule has 2 heterocycles. The minimum Gasteiger partial charge on any atom is -0.393 e. The quantitative estimate of drug-likeness (QED) is 0.829. The lowest BCUT2D eigenvalue weighted by Crippen LogP contribution is -2.24. The molecule has 0 aromatic carbocycles. The van der Waals surface area contributed by atoms with E-state index in [1.54, 1.807) is 17.7 Å². The summed E-state index contributed by atoms with van der Waals surface area (Å²) in [5.41, 5.74) is 0. The molecule has 0 aliphatic heterocycles. The summed E-state index contributed by atoms with van der Waals surface area (Å²) in [4.78, 5) is 9.59. The third-order valence-corrected chi connectivity index (χ3v) is 5.00. The van der Waals surface area contributed by atoms with E-state index in [4.69, 9.17) is 0 Å². The average molecular weight is 291 g/mol. The molecule has 0 saturated heterocycles. The van der Waals surface area contributed by atoms with Gasteiger partial charge in [0.15, 0.2) is 0 Å². The summed E-state index contributed by atoms with van der Waals surface area (Å²) in [5, 5.41) is 16.5. The van der Waals surface area contributed by atoms with Gasteiger partial charge in [-0.15, -0.1) is 11.3 Å². The molecular formula is C15H21N3OS. The van der Waals surface area contributed by atoms with Crippen molar-refractivity contribution in [1.29, 1.82) is 0 Å². The third-order valence-electron chi connectivity index (χ3n) is 4.17. The molecule has 5 heteroatoms. The van der Waals surface area contributed by atoms with E-state index in [0.717, 1.165) is 41.8 Å². The summed E-state index contributed by atoms with van der Waals surface area (Å²) >= 11 is 1.64. The van der Waals surface area contributed by atoms with Crippen LogP contribution in [0.2, 0.25) is 0 Å². The fourth-order valence-corrected chi connectivity index (χ4v) is 3.76. The first-order chi connectivity index (χ1) is 9.84. The van der Waals surface area contributed by atoms with Crippen molar-refractivity contribution in [1.82, 2.24) is 9.97 Å². The Hall–Kier alpha value is -1.20. The number of rotatable bonds is 5. The van der Waals surface area contributed by atoms with E-state index in [1.807, 2.05) is 5.38 Å². The van der Waals surface area contributed by atoms with Gasteiger partial charge in [0.1, 0.15) is 17.0 Å². The molecule has 3 rings (SSSR count). The number of thiophene rings is 1. The molecule has 20 heavy (non-hydrogen) atoms. The number of anilines is 1. The summed E-state index contributed by atoms with van der Waals surface area (Å²) in [6, 6.07) is 2.06. The van der Waals surface area contributed by atoms with Gasteiger partial charge in [-0.1, -0.05) is 12.8 Å². The van der Waals surface area contributed by atoms with Gasteiger partial charge in [0.05, 0.1) is 11.5 Å². The molecule has 0 radical (unpaired) electrons. The number of aliphatic hydroxyl groups is 1. The van der Waals surface area contributed by atoms with Gasteiger partial charge in [-0.25, -0.2) is 9.97 Å². The number of aliphatic hydroxyl groups excluding tert-OH is 1. The zero-order valence-corrected chi connectivity index (χ0v) is 12.4. The Balaban J connectivity index is 1.49. The maximum Gasteiger partial charge on any atom is 0.138 e. The second kappa shape index (κ2) is 6.50. The molecular weight excluding hydrogens is 270 g/mol. The number of aromatic nitrogens is 2. The van der Waals surface area contributed by atoms with Crippen LogP contribution in [0.15, 0.2) is 17.8 Å². The smallest absolute Gasteiger partial charge is 0.138 e. The SMILES string of the molecule is OC1CCCCC1CCCNc1ncnc2sccc12. The van der Waals surface area contributed by atoms with E-state index in [0.29, 0.717) is 5.92 Å². The van der Waals surface area contributed by atoms with E-state index < -0.39 is 0 Å². The second-order valence-corrected chi connectivity index (χ2v) is 6.44. The molecule has 108 valence electrons. The molecule has 0 amide bonds. The van der Waals surface area contributed by atoms with Crippen molar-refractivity contribution in [3.05, 3.63) is 17.8 Å². The largest absolute Gasteiger partial charge is 0.393 e. The number of hydrogen-bond donors (Lipinski definition) is 2. The normalized spacial score (nSPS) is 23.1. The van der Waals surface area contributed by atoms with Gasteiger partial charge in [0, 0.05) is 6.54 Å². The van der Waals surface area contributed by atoms with Crippen LogP contribution in [0.25, 0.3) is 10.2 Å². The van der Waals surface area contributed by atoms with E-state index in [-0.39, 0.29) is 6.10 Å². The summed E-state index contributed by atoms with van der Waals surface area (Å²) < 4.78 is 0. The van der Waals surface area contributed by atoms with Crippen molar-refractivity contribution in [3.8, 4) is 0 Å². The lowest BCUT2D eigenvalue weighted by molar-refractivity contribution is 0.0648. The van der Waals surface area contributed by atoms with Gasteiger partial charge >= 0.3 is 0 Å². The Morgan fingerprint density at radius 1 is 1.30 bits per heavy atom. The second-order valence-electron chi connectivity index (χ2n) is 5.54.